The molecule has 0 radical (unpaired) electrons. The molecule has 4 unspecified atom stereocenters. The molecule has 3 aliphatic carbocycles. The summed E-state index contributed by atoms with van der Waals surface area (Å²) in [4.78, 5) is 29.6. The van der Waals surface area contributed by atoms with E-state index >= 15 is 0 Å². The first-order valence-electron chi connectivity index (χ1n) is 16.4. The van der Waals surface area contributed by atoms with Crippen LogP contribution in [0.4, 0.5) is 4.79 Å². The molecule has 3 aromatic carbocycles. The van der Waals surface area contributed by atoms with Crippen LogP contribution in [0, 0.1) is 5.41 Å². The molecule has 3 aromatic rings. The SMILES string of the molecule is COc1ccc(CN2CC3(CCC4c5ccc(cc5C(=O)c5ccccc5)CC(O)CCC(C)=CCCC43C)OC2=O)c(OC)c1. The summed E-state index contributed by atoms with van der Waals surface area (Å²) in [5.41, 5.74) is 4.26. The van der Waals surface area contributed by atoms with Crippen molar-refractivity contribution in [3.63, 3.8) is 0 Å². The van der Waals surface area contributed by atoms with Gasteiger partial charge in [-0.2, -0.15) is 0 Å². The summed E-state index contributed by atoms with van der Waals surface area (Å²) in [6.07, 6.45) is 6.56. The number of amides is 1. The van der Waals surface area contributed by atoms with Crippen LogP contribution in [0.25, 0.3) is 0 Å². The molecule has 242 valence electrons. The zero-order valence-corrected chi connectivity index (χ0v) is 27.4. The van der Waals surface area contributed by atoms with Crippen molar-refractivity contribution in [2.24, 2.45) is 5.41 Å². The average Bonchev–Trinajstić information content (AvgIpc) is 3.53. The van der Waals surface area contributed by atoms with E-state index in [1.807, 2.05) is 54.6 Å². The Labute approximate surface area is 272 Å². The Morgan fingerprint density at radius 3 is 2.59 bits per heavy atom. The number of aliphatic hydroxyl groups excluding tert-OH is 1. The van der Waals surface area contributed by atoms with Gasteiger partial charge in [0.2, 0.25) is 0 Å². The van der Waals surface area contributed by atoms with Gasteiger partial charge in [0, 0.05) is 28.2 Å². The molecular weight excluding hydrogens is 578 g/mol. The molecule has 1 N–H and O–H groups in total. The number of carbonyl (C=O) groups is 2. The quantitative estimate of drug-likeness (QED) is 0.225. The Hall–Kier alpha value is -4.10. The molecule has 0 aromatic heterocycles. The van der Waals surface area contributed by atoms with E-state index in [2.05, 4.69) is 32.1 Å². The van der Waals surface area contributed by atoms with E-state index in [0.29, 0.717) is 55.0 Å². The van der Waals surface area contributed by atoms with Gasteiger partial charge >= 0.3 is 6.09 Å². The molecule has 1 heterocycles. The third-order valence-corrected chi connectivity index (χ3v) is 10.8. The summed E-state index contributed by atoms with van der Waals surface area (Å²) < 4.78 is 17.5. The van der Waals surface area contributed by atoms with E-state index in [4.69, 9.17) is 14.2 Å². The Bertz CT molecular complexity index is 1630. The second-order valence-electron chi connectivity index (χ2n) is 13.5. The third-order valence-electron chi connectivity index (χ3n) is 10.8. The molecule has 46 heavy (non-hydrogen) atoms. The predicted octanol–water partition coefficient (Wildman–Crippen LogP) is 7.63. The van der Waals surface area contributed by atoms with Crippen LogP contribution >= 0.6 is 0 Å². The van der Waals surface area contributed by atoms with Crippen molar-refractivity contribution in [3.05, 3.63) is 106 Å². The molecule has 1 spiro atoms. The number of allylic oxidation sites excluding steroid dienone is 2. The number of hydrogen-bond donors (Lipinski definition) is 1. The molecule has 7 rings (SSSR count). The van der Waals surface area contributed by atoms with E-state index in [1.165, 1.54) is 5.57 Å². The van der Waals surface area contributed by atoms with Crippen LogP contribution in [0.15, 0.2) is 78.4 Å². The number of aliphatic hydroxyl groups is 1. The Morgan fingerprint density at radius 1 is 1.02 bits per heavy atom. The minimum absolute atomic E-state index is 0.00550. The standard InChI is InChI=1S/C39H45NO6/c1-26-9-8-19-38(2)34(18-20-39(38)25-40(37(43)46-39)24-29-14-16-31(44-3)23-35(29)45-4)32-17-13-27(21-30(41)15-12-26)22-33(32)36(42)28-10-6-5-7-11-28/h5-7,9-11,13-14,16-17,22-23,30,34,41H,8,12,15,18-21,24-25H2,1-4H3. The first-order chi connectivity index (χ1) is 22.2. The molecule has 4 aliphatic rings. The maximum absolute atomic E-state index is 14.2. The van der Waals surface area contributed by atoms with Gasteiger partial charge in [0.05, 0.1) is 33.4 Å². The van der Waals surface area contributed by atoms with Crippen LogP contribution in [0.2, 0.25) is 0 Å². The first kappa shape index (κ1) is 31.9. The molecule has 7 nitrogen and oxygen atoms in total. The summed E-state index contributed by atoms with van der Waals surface area (Å²) in [7, 11) is 3.24. The molecule has 1 aliphatic heterocycles. The molecule has 2 bridgehead atoms. The average molecular weight is 624 g/mol. The molecule has 1 saturated heterocycles. The maximum Gasteiger partial charge on any atom is 0.410 e. The number of ether oxygens (including phenoxy) is 3. The number of benzene rings is 3. The second-order valence-corrected chi connectivity index (χ2v) is 13.5. The Balaban J connectivity index is 1.40. The van der Waals surface area contributed by atoms with Crippen molar-refractivity contribution in [2.75, 3.05) is 20.8 Å². The van der Waals surface area contributed by atoms with Crippen molar-refractivity contribution in [2.45, 2.75) is 83.0 Å². The second kappa shape index (κ2) is 13.0. The lowest BCUT2D eigenvalue weighted by Gasteiger charge is -2.43. The lowest BCUT2D eigenvalue weighted by atomic mass is 9.64. The Kier molecular flexibility index (Phi) is 8.97. The van der Waals surface area contributed by atoms with Gasteiger partial charge < -0.3 is 19.3 Å². The third kappa shape index (κ3) is 5.93. The van der Waals surface area contributed by atoms with E-state index in [1.54, 1.807) is 19.1 Å². The fourth-order valence-electron chi connectivity index (χ4n) is 8.04. The van der Waals surface area contributed by atoms with Crippen LogP contribution in [0.1, 0.15) is 90.9 Å². The number of hydrogen-bond acceptors (Lipinski definition) is 6. The zero-order valence-electron chi connectivity index (χ0n) is 27.4. The van der Waals surface area contributed by atoms with E-state index in [0.717, 1.165) is 42.4 Å². The minimum atomic E-state index is -0.713. The predicted molar refractivity (Wildman–Crippen MR) is 178 cm³/mol. The number of ketones is 1. The summed E-state index contributed by atoms with van der Waals surface area (Å²) in [5, 5.41) is 10.9. The number of carbonyl (C=O) groups excluding carboxylic acids is 2. The van der Waals surface area contributed by atoms with Gasteiger partial charge in [-0.1, -0.05) is 61.0 Å². The summed E-state index contributed by atoms with van der Waals surface area (Å²) in [6, 6.07) is 21.2. The molecular formula is C39H45NO6. The normalized spacial score (nSPS) is 26.3. The zero-order chi connectivity index (χ0) is 32.5. The van der Waals surface area contributed by atoms with E-state index < -0.39 is 17.1 Å². The maximum atomic E-state index is 14.2. The van der Waals surface area contributed by atoms with E-state index in [-0.39, 0.29) is 17.8 Å². The number of fused-ring (bicyclic) bond motifs is 8. The summed E-state index contributed by atoms with van der Waals surface area (Å²) >= 11 is 0. The van der Waals surface area contributed by atoms with Crippen molar-refractivity contribution < 1.29 is 28.9 Å². The molecule has 1 saturated carbocycles. The fourth-order valence-corrected chi connectivity index (χ4v) is 8.04. The van der Waals surface area contributed by atoms with Crippen molar-refractivity contribution in [3.8, 4) is 11.5 Å². The van der Waals surface area contributed by atoms with Crippen LogP contribution in [0.3, 0.4) is 0 Å². The highest BCUT2D eigenvalue weighted by molar-refractivity contribution is 6.10. The van der Waals surface area contributed by atoms with Crippen molar-refractivity contribution in [1.29, 1.82) is 0 Å². The van der Waals surface area contributed by atoms with Crippen molar-refractivity contribution >= 4 is 11.9 Å². The molecule has 4 atom stereocenters. The first-order valence-corrected chi connectivity index (χ1v) is 16.4. The van der Waals surface area contributed by atoms with Gasteiger partial charge in [0.25, 0.3) is 0 Å². The fraction of sp³-hybridized carbons (Fsp3) is 0.436. The minimum Gasteiger partial charge on any atom is -0.497 e. The molecule has 2 fully saturated rings. The highest BCUT2D eigenvalue weighted by Crippen LogP contribution is 2.62. The topological polar surface area (TPSA) is 85.3 Å². The number of methoxy groups -OCH3 is 2. The van der Waals surface area contributed by atoms with Gasteiger partial charge in [-0.25, -0.2) is 4.79 Å². The van der Waals surface area contributed by atoms with Gasteiger partial charge in [-0.3, -0.25) is 9.69 Å². The molecule has 7 heteroatoms. The summed E-state index contributed by atoms with van der Waals surface area (Å²) in [5.74, 6) is 1.33. The van der Waals surface area contributed by atoms with E-state index in [9.17, 15) is 14.7 Å². The van der Waals surface area contributed by atoms with Crippen LogP contribution in [0.5, 0.6) is 11.5 Å². The number of nitrogens with zero attached hydrogens (tertiary/aromatic N) is 1. The monoisotopic (exact) mass is 623 g/mol. The molecule has 1 amide bonds. The largest absolute Gasteiger partial charge is 0.497 e. The smallest absolute Gasteiger partial charge is 0.410 e. The lowest BCUT2D eigenvalue weighted by molar-refractivity contribution is -0.0373. The van der Waals surface area contributed by atoms with Crippen LogP contribution in [-0.2, 0) is 17.7 Å². The highest BCUT2D eigenvalue weighted by Gasteiger charge is 2.64. The highest BCUT2D eigenvalue weighted by atomic mass is 16.6. The summed E-state index contributed by atoms with van der Waals surface area (Å²) in [6.45, 7) is 5.22. The van der Waals surface area contributed by atoms with Gasteiger partial charge in [-0.15, -0.1) is 0 Å². The lowest BCUT2D eigenvalue weighted by Crippen LogP contribution is -2.48. The van der Waals surface area contributed by atoms with Gasteiger partial charge in [0.1, 0.15) is 17.1 Å². The Morgan fingerprint density at radius 2 is 1.83 bits per heavy atom. The van der Waals surface area contributed by atoms with Crippen LogP contribution < -0.4 is 9.47 Å². The van der Waals surface area contributed by atoms with Crippen LogP contribution in [-0.4, -0.2) is 54.4 Å². The van der Waals surface area contributed by atoms with Crippen molar-refractivity contribution in [1.82, 2.24) is 4.90 Å². The van der Waals surface area contributed by atoms with Gasteiger partial charge in [-0.05, 0) is 87.1 Å². The van der Waals surface area contributed by atoms with Gasteiger partial charge in [0.15, 0.2) is 5.78 Å². The number of rotatable bonds is 6.